The van der Waals surface area contributed by atoms with Crippen LogP contribution in [0.15, 0.2) is 24.3 Å². The average Bonchev–Trinajstić information content (AvgIpc) is 2.85. The number of hydrogen-bond acceptors (Lipinski definition) is 4. The molecule has 0 bridgehead atoms. The number of amides is 1. The number of methoxy groups -OCH3 is 1. The number of fused-ring (bicyclic) bond motifs is 1. The fourth-order valence-electron chi connectivity index (χ4n) is 3.43. The Kier molecular flexibility index (Phi) is 4.99. The van der Waals surface area contributed by atoms with Gasteiger partial charge in [0.25, 0.3) is 0 Å². The zero-order valence-corrected chi connectivity index (χ0v) is 14.6. The molecule has 3 rings (SSSR count). The second-order valence-electron chi connectivity index (χ2n) is 6.19. The third-order valence-corrected chi connectivity index (χ3v) is 4.51. The van der Waals surface area contributed by atoms with Gasteiger partial charge in [-0.05, 0) is 37.3 Å². The summed E-state index contributed by atoms with van der Waals surface area (Å²) in [6.07, 6.45) is 5.01. The van der Waals surface area contributed by atoms with Crippen LogP contribution in [-0.4, -0.2) is 18.0 Å². The lowest BCUT2D eigenvalue weighted by atomic mass is 9.91. The van der Waals surface area contributed by atoms with Crippen molar-refractivity contribution >= 4 is 11.7 Å². The van der Waals surface area contributed by atoms with Crippen LogP contribution in [0.4, 0.5) is 5.82 Å². The third-order valence-electron chi connectivity index (χ3n) is 4.51. The van der Waals surface area contributed by atoms with Gasteiger partial charge in [0.05, 0.1) is 7.11 Å². The van der Waals surface area contributed by atoms with Crippen molar-refractivity contribution in [2.24, 2.45) is 0 Å². The van der Waals surface area contributed by atoms with E-state index in [2.05, 4.69) is 16.4 Å². The van der Waals surface area contributed by atoms with Gasteiger partial charge in [-0.1, -0.05) is 24.6 Å². The van der Waals surface area contributed by atoms with Crippen molar-refractivity contribution in [2.45, 2.75) is 39.0 Å². The number of para-hydroxylation sites is 1. The molecule has 0 saturated heterocycles. The van der Waals surface area contributed by atoms with Gasteiger partial charge in [-0.3, -0.25) is 4.79 Å². The minimum absolute atomic E-state index is 0.233. The molecule has 0 spiro atoms. The maximum absolute atomic E-state index is 11.6. The number of nitrogens with zero attached hydrogens (tertiary/aromatic N) is 2. The van der Waals surface area contributed by atoms with Gasteiger partial charge >= 0.3 is 0 Å². The molecule has 5 heteroatoms. The quantitative estimate of drug-likeness (QED) is 0.864. The summed E-state index contributed by atoms with van der Waals surface area (Å²) in [6, 6.07) is 9.94. The van der Waals surface area contributed by atoms with Gasteiger partial charge in [-0.15, -0.1) is 0 Å². The number of rotatable bonds is 3. The number of anilines is 1. The summed E-state index contributed by atoms with van der Waals surface area (Å²) in [5.74, 6) is 0.825. The smallest absolute Gasteiger partial charge is 0.222 e. The van der Waals surface area contributed by atoms with Gasteiger partial charge in [-0.25, -0.2) is 4.98 Å². The van der Waals surface area contributed by atoms with Gasteiger partial charge in [0, 0.05) is 23.7 Å². The van der Waals surface area contributed by atoms with Crippen LogP contribution in [0.1, 0.15) is 43.0 Å². The molecule has 0 radical (unpaired) electrons. The highest BCUT2D eigenvalue weighted by atomic mass is 16.5. The monoisotopic (exact) mass is 335 g/mol. The lowest BCUT2D eigenvalue weighted by molar-refractivity contribution is -0.114. The number of carbonyl (C=O) groups excluding carboxylic acids is 1. The first kappa shape index (κ1) is 17.0. The summed E-state index contributed by atoms with van der Waals surface area (Å²) in [5, 5.41) is 12.6. The molecule has 1 heterocycles. The molecule has 128 valence electrons. The van der Waals surface area contributed by atoms with Crippen LogP contribution in [0, 0.1) is 11.3 Å². The minimum atomic E-state index is -0.233. The lowest BCUT2D eigenvalue weighted by Gasteiger charge is -2.19. The van der Waals surface area contributed by atoms with Gasteiger partial charge in [0.15, 0.2) is 5.82 Å². The van der Waals surface area contributed by atoms with Gasteiger partial charge in [0.2, 0.25) is 5.91 Å². The predicted molar refractivity (Wildman–Crippen MR) is 96.5 cm³/mol. The van der Waals surface area contributed by atoms with Crippen LogP contribution in [0.3, 0.4) is 0 Å². The van der Waals surface area contributed by atoms with Crippen molar-refractivity contribution in [1.29, 1.82) is 5.26 Å². The Balaban J connectivity index is 2.34. The number of benzene rings is 1. The summed E-state index contributed by atoms with van der Waals surface area (Å²) in [4.78, 5) is 16.2. The molecular weight excluding hydrogens is 314 g/mol. The summed E-state index contributed by atoms with van der Waals surface area (Å²) in [6.45, 7) is 1.43. The van der Waals surface area contributed by atoms with Crippen molar-refractivity contribution in [1.82, 2.24) is 4.98 Å². The molecule has 5 nitrogen and oxygen atoms in total. The van der Waals surface area contributed by atoms with Crippen molar-refractivity contribution < 1.29 is 9.53 Å². The van der Waals surface area contributed by atoms with E-state index in [1.54, 1.807) is 7.11 Å². The van der Waals surface area contributed by atoms with Crippen LogP contribution in [0.25, 0.3) is 11.1 Å². The molecule has 0 saturated carbocycles. The van der Waals surface area contributed by atoms with Crippen molar-refractivity contribution in [2.75, 3.05) is 12.4 Å². The SMILES string of the molecule is COc1ccccc1-c1c(C#N)c(NC(C)=O)nc2c1CCCCC2. The highest BCUT2D eigenvalue weighted by molar-refractivity contribution is 5.92. The highest BCUT2D eigenvalue weighted by Gasteiger charge is 2.24. The number of aromatic nitrogens is 1. The molecule has 2 aromatic rings. The number of ether oxygens (including phenoxy) is 1. The summed E-state index contributed by atoms with van der Waals surface area (Å²) >= 11 is 0. The molecule has 0 atom stereocenters. The van der Waals surface area contributed by atoms with Crippen LogP contribution >= 0.6 is 0 Å². The molecule has 0 aliphatic heterocycles. The van der Waals surface area contributed by atoms with E-state index >= 15 is 0 Å². The Morgan fingerprint density at radius 2 is 2.00 bits per heavy atom. The number of pyridine rings is 1. The van der Waals surface area contributed by atoms with E-state index in [1.807, 2.05) is 24.3 Å². The van der Waals surface area contributed by atoms with Crippen LogP contribution < -0.4 is 10.1 Å². The standard InChI is InChI=1S/C20H21N3O2/c1-13(24)22-20-16(12-21)19(15-9-6-7-11-18(15)25-2)14-8-4-3-5-10-17(14)23-20/h6-7,9,11H,3-5,8,10H2,1-2H3,(H,22,23,24). The maximum Gasteiger partial charge on any atom is 0.222 e. The van der Waals surface area contributed by atoms with E-state index in [0.29, 0.717) is 17.1 Å². The highest BCUT2D eigenvalue weighted by Crippen LogP contribution is 2.40. The Hall–Kier alpha value is -2.87. The van der Waals surface area contributed by atoms with E-state index in [0.717, 1.165) is 54.5 Å². The molecule has 1 aliphatic carbocycles. The number of nitrogens with one attached hydrogen (secondary N) is 1. The second-order valence-corrected chi connectivity index (χ2v) is 6.19. The number of aryl methyl sites for hydroxylation is 1. The fraction of sp³-hybridized carbons (Fsp3) is 0.350. The Morgan fingerprint density at radius 1 is 1.24 bits per heavy atom. The number of carbonyl (C=O) groups is 1. The van der Waals surface area contributed by atoms with Crippen LogP contribution in [-0.2, 0) is 17.6 Å². The molecule has 1 N–H and O–H groups in total. The summed E-state index contributed by atoms with van der Waals surface area (Å²) in [5.41, 5.74) is 4.19. The first-order chi connectivity index (χ1) is 12.2. The molecule has 0 unspecified atom stereocenters. The summed E-state index contributed by atoms with van der Waals surface area (Å²) in [7, 11) is 1.62. The van der Waals surface area contributed by atoms with Gasteiger partial charge in [0.1, 0.15) is 17.4 Å². The molecule has 25 heavy (non-hydrogen) atoms. The number of hydrogen-bond donors (Lipinski definition) is 1. The second kappa shape index (κ2) is 7.35. The fourth-order valence-corrected chi connectivity index (χ4v) is 3.43. The minimum Gasteiger partial charge on any atom is -0.496 e. The lowest BCUT2D eigenvalue weighted by Crippen LogP contribution is -2.13. The van der Waals surface area contributed by atoms with E-state index < -0.39 is 0 Å². The Morgan fingerprint density at radius 3 is 2.72 bits per heavy atom. The molecule has 1 aromatic carbocycles. The normalized spacial score (nSPS) is 13.3. The zero-order valence-electron chi connectivity index (χ0n) is 14.6. The van der Waals surface area contributed by atoms with E-state index in [9.17, 15) is 10.1 Å². The van der Waals surface area contributed by atoms with E-state index in [1.165, 1.54) is 6.92 Å². The van der Waals surface area contributed by atoms with Crippen molar-refractivity contribution in [3.05, 3.63) is 41.1 Å². The first-order valence-corrected chi connectivity index (χ1v) is 8.52. The molecule has 1 aromatic heterocycles. The average molecular weight is 335 g/mol. The van der Waals surface area contributed by atoms with E-state index in [4.69, 9.17) is 4.74 Å². The molecule has 0 fully saturated rings. The Labute approximate surface area is 147 Å². The first-order valence-electron chi connectivity index (χ1n) is 8.52. The maximum atomic E-state index is 11.6. The largest absolute Gasteiger partial charge is 0.496 e. The predicted octanol–water partition coefficient (Wildman–Crippen LogP) is 3.86. The van der Waals surface area contributed by atoms with Gasteiger partial charge < -0.3 is 10.1 Å². The molecular formula is C20H21N3O2. The Bertz CT molecular complexity index is 853. The van der Waals surface area contributed by atoms with Crippen molar-refractivity contribution in [3.8, 4) is 22.9 Å². The zero-order chi connectivity index (χ0) is 17.8. The number of nitriles is 1. The third kappa shape index (κ3) is 3.34. The topological polar surface area (TPSA) is 75.0 Å². The summed E-state index contributed by atoms with van der Waals surface area (Å²) < 4.78 is 5.53. The molecule has 1 amide bonds. The van der Waals surface area contributed by atoms with Crippen LogP contribution in [0.2, 0.25) is 0 Å². The van der Waals surface area contributed by atoms with Crippen molar-refractivity contribution in [3.63, 3.8) is 0 Å². The van der Waals surface area contributed by atoms with Gasteiger partial charge in [-0.2, -0.15) is 5.26 Å². The molecule has 1 aliphatic rings. The van der Waals surface area contributed by atoms with E-state index in [-0.39, 0.29) is 5.91 Å². The van der Waals surface area contributed by atoms with Crippen LogP contribution in [0.5, 0.6) is 5.75 Å².